The number of benzene rings is 1. The van der Waals surface area contributed by atoms with E-state index in [9.17, 15) is 35.1 Å². The first-order chi connectivity index (χ1) is 8.49. The van der Waals surface area contributed by atoms with E-state index in [1.54, 1.807) is 0 Å². The van der Waals surface area contributed by atoms with Gasteiger partial charge in [0.2, 0.25) is 0 Å². The van der Waals surface area contributed by atoms with Gasteiger partial charge in [-0.2, -0.15) is 22.0 Å². The van der Waals surface area contributed by atoms with Crippen LogP contribution in [0.15, 0.2) is 18.2 Å². The Morgan fingerprint density at radius 2 is 1.53 bits per heavy atom. The number of hydrogen-bond acceptors (Lipinski definition) is 2. The summed E-state index contributed by atoms with van der Waals surface area (Å²) < 4.78 is 103. The molecule has 1 aromatic carbocycles. The van der Waals surface area contributed by atoms with Crippen LogP contribution < -0.4 is 9.47 Å². The Kier molecular flexibility index (Phi) is 4.11. The molecule has 10 heteroatoms. The summed E-state index contributed by atoms with van der Waals surface area (Å²) in [6.45, 7) is -3.62. The van der Waals surface area contributed by atoms with Crippen molar-refractivity contribution in [1.29, 1.82) is 0 Å². The van der Waals surface area contributed by atoms with E-state index in [1.165, 1.54) is 0 Å². The normalized spacial score (nSPS) is 12.7. The standard InChI is InChI=1S/C9H4F8O2/c10-7(11)18-6-3-4(19-9(15,16)17)1-2-5(6)8(12,13)14/h1-3,7H. The minimum atomic E-state index is -5.16. The first-order valence-corrected chi connectivity index (χ1v) is 4.41. The van der Waals surface area contributed by atoms with E-state index < -0.39 is 36.2 Å². The molecule has 0 spiro atoms. The highest BCUT2D eigenvalue weighted by Gasteiger charge is 2.37. The summed E-state index contributed by atoms with van der Waals surface area (Å²) in [6, 6.07) is 0.579. The van der Waals surface area contributed by atoms with Crippen molar-refractivity contribution in [3.63, 3.8) is 0 Å². The Hall–Kier alpha value is -1.74. The lowest BCUT2D eigenvalue weighted by atomic mass is 10.2. The minimum Gasteiger partial charge on any atom is -0.434 e. The summed E-state index contributed by atoms with van der Waals surface area (Å²) in [5.41, 5.74) is -1.64. The van der Waals surface area contributed by atoms with E-state index in [-0.39, 0.29) is 12.1 Å². The van der Waals surface area contributed by atoms with E-state index >= 15 is 0 Å². The van der Waals surface area contributed by atoms with Crippen molar-refractivity contribution in [3.05, 3.63) is 23.8 Å². The maximum absolute atomic E-state index is 12.4. The number of hydrogen-bond donors (Lipinski definition) is 0. The summed E-state index contributed by atoms with van der Waals surface area (Å²) in [4.78, 5) is 0. The molecule has 19 heavy (non-hydrogen) atoms. The molecule has 0 aromatic heterocycles. The fourth-order valence-electron chi connectivity index (χ4n) is 1.13. The quantitative estimate of drug-likeness (QED) is 0.778. The summed E-state index contributed by atoms with van der Waals surface area (Å²) >= 11 is 0. The van der Waals surface area contributed by atoms with Crippen LogP contribution in [0.1, 0.15) is 5.56 Å². The van der Waals surface area contributed by atoms with Gasteiger partial charge in [0.15, 0.2) is 0 Å². The molecule has 0 aliphatic heterocycles. The lowest BCUT2D eigenvalue weighted by Crippen LogP contribution is -2.18. The van der Waals surface area contributed by atoms with Crippen LogP contribution in [0.25, 0.3) is 0 Å². The van der Waals surface area contributed by atoms with E-state index in [2.05, 4.69) is 9.47 Å². The number of alkyl halides is 8. The Morgan fingerprint density at radius 3 is 1.95 bits per heavy atom. The van der Waals surface area contributed by atoms with Gasteiger partial charge >= 0.3 is 19.2 Å². The number of rotatable bonds is 3. The average molecular weight is 296 g/mol. The second-order valence-electron chi connectivity index (χ2n) is 3.08. The van der Waals surface area contributed by atoms with E-state index in [4.69, 9.17) is 0 Å². The Morgan fingerprint density at radius 1 is 0.947 bits per heavy atom. The highest BCUT2D eigenvalue weighted by molar-refractivity contribution is 5.42. The van der Waals surface area contributed by atoms with Crippen molar-refractivity contribution >= 4 is 0 Å². The second-order valence-corrected chi connectivity index (χ2v) is 3.08. The predicted octanol–water partition coefficient (Wildman–Crippen LogP) is 4.21. The van der Waals surface area contributed by atoms with Crippen LogP contribution in [0.5, 0.6) is 11.5 Å². The molecule has 0 N–H and O–H groups in total. The first-order valence-electron chi connectivity index (χ1n) is 4.41. The van der Waals surface area contributed by atoms with Crippen molar-refractivity contribution in [2.24, 2.45) is 0 Å². The van der Waals surface area contributed by atoms with Crippen molar-refractivity contribution in [2.75, 3.05) is 0 Å². The molecule has 0 saturated heterocycles. The van der Waals surface area contributed by atoms with Gasteiger partial charge in [0.1, 0.15) is 11.5 Å². The van der Waals surface area contributed by atoms with Gasteiger partial charge in [0.05, 0.1) is 5.56 Å². The molecule has 0 atom stereocenters. The van der Waals surface area contributed by atoms with Crippen LogP contribution in [0.2, 0.25) is 0 Å². The third-order valence-corrected chi connectivity index (χ3v) is 1.71. The molecule has 0 amide bonds. The molecule has 0 saturated carbocycles. The van der Waals surface area contributed by atoms with Gasteiger partial charge in [-0.05, 0) is 12.1 Å². The van der Waals surface area contributed by atoms with Crippen LogP contribution in [0.4, 0.5) is 35.1 Å². The highest BCUT2D eigenvalue weighted by atomic mass is 19.4. The molecule has 0 fully saturated rings. The average Bonchev–Trinajstić information content (AvgIpc) is 2.11. The Bertz CT molecular complexity index is 437. The third kappa shape index (κ3) is 4.79. The van der Waals surface area contributed by atoms with Gasteiger partial charge in [-0.15, -0.1) is 13.2 Å². The smallest absolute Gasteiger partial charge is 0.434 e. The van der Waals surface area contributed by atoms with Crippen molar-refractivity contribution in [2.45, 2.75) is 19.2 Å². The zero-order chi connectivity index (χ0) is 14.8. The third-order valence-electron chi connectivity index (χ3n) is 1.71. The van der Waals surface area contributed by atoms with E-state index in [1.807, 2.05) is 0 Å². The lowest BCUT2D eigenvalue weighted by molar-refractivity contribution is -0.274. The van der Waals surface area contributed by atoms with Gasteiger partial charge in [-0.3, -0.25) is 0 Å². The van der Waals surface area contributed by atoms with Crippen LogP contribution in [-0.4, -0.2) is 13.0 Å². The first kappa shape index (κ1) is 15.3. The number of halogens is 8. The largest absolute Gasteiger partial charge is 0.573 e. The fraction of sp³-hybridized carbons (Fsp3) is 0.333. The molecule has 1 rings (SSSR count). The maximum Gasteiger partial charge on any atom is 0.573 e. The molecule has 0 aliphatic carbocycles. The van der Waals surface area contributed by atoms with Crippen LogP contribution in [-0.2, 0) is 6.18 Å². The van der Waals surface area contributed by atoms with Crippen molar-refractivity contribution in [3.8, 4) is 11.5 Å². The topological polar surface area (TPSA) is 18.5 Å². The molecule has 0 aliphatic rings. The zero-order valence-corrected chi connectivity index (χ0v) is 8.65. The molecule has 2 nitrogen and oxygen atoms in total. The second kappa shape index (κ2) is 5.10. The summed E-state index contributed by atoms with van der Waals surface area (Å²) in [6.07, 6.45) is -10.2. The van der Waals surface area contributed by atoms with Crippen molar-refractivity contribution < 1.29 is 44.6 Å². The Labute approximate surface area is 100 Å². The monoisotopic (exact) mass is 296 g/mol. The summed E-state index contributed by atoms with van der Waals surface area (Å²) in [5, 5.41) is 0. The summed E-state index contributed by atoms with van der Waals surface area (Å²) in [5.74, 6) is -2.56. The molecule has 1 aromatic rings. The summed E-state index contributed by atoms with van der Waals surface area (Å²) in [7, 11) is 0. The SMILES string of the molecule is FC(F)Oc1cc(OC(F)(F)F)ccc1C(F)(F)F. The molecule has 0 bridgehead atoms. The molecule has 0 unspecified atom stereocenters. The minimum absolute atomic E-state index is 0.0858. The molecule has 108 valence electrons. The van der Waals surface area contributed by atoms with Crippen LogP contribution in [0, 0.1) is 0 Å². The van der Waals surface area contributed by atoms with Crippen LogP contribution >= 0.6 is 0 Å². The Balaban J connectivity index is 3.15. The lowest BCUT2D eigenvalue weighted by Gasteiger charge is -2.15. The molecule has 0 radical (unpaired) electrons. The maximum atomic E-state index is 12.4. The van der Waals surface area contributed by atoms with Gasteiger partial charge < -0.3 is 9.47 Å². The van der Waals surface area contributed by atoms with Gasteiger partial charge in [0, 0.05) is 6.07 Å². The predicted molar refractivity (Wildman–Crippen MR) is 44.8 cm³/mol. The zero-order valence-electron chi connectivity index (χ0n) is 8.65. The van der Waals surface area contributed by atoms with E-state index in [0.29, 0.717) is 6.07 Å². The fourth-order valence-corrected chi connectivity index (χ4v) is 1.13. The van der Waals surface area contributed by atoms with Gasteiger partial charge in [-0.1, -0.05) is 0 Å². The molecular formula is C9H4F8O2. The number of ether oxygens (including phenoxy) is 2. The van der Waals surface area contributed by atoms with Crippen molar-refractivity contribution in [1.82, 2.24) is 0 Å². The van der Waals surface area contributed by atoms with Crippen LogP contribution in [0.3, 0.4) is 0 Å². The highest BCUT2D eigenvalue weighted by Crippen LogP contribution is 2.39. The van der Waals surface area contributed by atoms with Gasteiger partial charge in [-0.25, -0.2) is 0 Å². The molecular weight excluding hydrogens is 292 g/mol. The van der Waals surface area contributed by atoms with Gasteiger partial charge in [0.25, 0.3) is 0 Å². The molecule has 0 heterocycles. The van der Waals surface area contributed by atoms with E-state index in [0.717, 1.165) is 0 Å².